The number of aliphatic hydroxyl groups excluding tert-OH is 1. The molecule has 0 aliphatic carbocycles. The Morgan fingerprint density at radius 1 is 1.39 bits per heavy atom. The monoisotopic (exact) mass is 263 g/mol. The highest BCUT2D eigenvalue weighted by Gasteiger charge is 2.13. The Bertz CT molecular complexity index is 498. The maximum absolute atomic E-state index is 9.03. The lowest BCUT2D eigenvalue weighted by Gasteiger charge is -2.10. The molecule has 18 heavy (non-hydrogen) atoms. The molecule has 2 rings (SSSR count). The van der Waals surface area contributed by atoms with Gasteiger partial charge in [0.1, 0.15) is 10.8 Å². The highest BCUT2D eigenvalue weighted by molar-refractivity contribution is 7.11. The molecule has 0 saturated carbocycles. The van der Waals surface area contributed by atoms with E-state index in [2.05, 4.69) is 9.69 Å². The van der Waals surface area contributed by atoms with E-state index in [4.69, 9.17) is 10.8 Å². The summed E-state index contributed by atoms with van der Waals surface area (Å²) >= 11 is 1.36. The molecule has 1 aromatic carbocycles. The minimum Gasteiger partial charge on any atom is -0.396 e. The van der Waals surface area contributed by atoms with Gasteiger partial charge in [-0.2, -0.15) is 4.37 Å². The summed E-state index contributed by atoms with van der Waals surface area (Å²) in [6.45, 7) is 2.86. The number of aromatic nitrogens is 1. The van der Waals surface area contributed by atoms with E-state index in [9.17, 15) is 0 Å². The first-order valence-corrected chi connectivity index (χ1v) is 6.65. The van der Waals surface area contributed by atoms with Crippen LogP contribution in [0, 0.1) is 5.92 Å². The summed E-state index contributed by atoms with van der Waals surface area (Å²) in [6, 6.07) is 9.96. The van der Waals surface area contributed by atoms with Gasteiger partial charge in [-0.25, -0.2) is 0 Å². The van der Waals surface area contributed by atoms with E-state index in [1.807, 2.05) is 37.3 Å². The van der Waals surface area contributed by atoms with Crippen molar-refractivity contribution in [3.63, 3.8) is 0 Å². The Morgan fingerprint density at radius 3 is 2.78 bits per heavy atom. The Kier molecular flexibility index (Phi) is 4.17. The molecule has 0 bridgehead atoms. The molecule has 4 nitrogen and oxygen atoms in total. The standard InChI is InChI=1S/C13H17N3OS/c1-9(8-17)7-15-13-11(12(14)16-18-13)10-5-3-2-4-6-10/h2-6,9,15,17H,7-8H2,1H3,(H2,14,16). The van der Waals surface area contributed by atoms with Crippen LogP contribution in [0.25, 0.3) is 11.1 Å². The van der Waals surface area contributed by atoms with Crippen molar-refractivity contribution in [3.8, 4) is 11.1 Å². The van der Waals surface area contributed by atoms with E-state index in [-0.39, 0.29) is 12.5 Å². The molecule has 0 spiro atoms. The van der Waals surface area contributed by atoms with Crippen molar-refractivity contribution in [2.45, 2.75) is 6.92 Å². The number of nitrogen functional groups attached to an aromatic ring is 1. The van der Waals surface area contributed by atoms with E-state index >= 15 is 0 Å². The van der Waals surface area contributed by atoms with Crippen LogP contribution in [-0.2, 0) is 0 Å². The fourth-order valence-electron chi connectivity index (χ4n) is 1.64. The fourth-order valence-corrected chi connectivity index (χ4v) is 2.38. The minimum absolute atomic E-state index is 0.169. The smallest absolute Gasteiger partial charge is 0.147 e. The lowest BCUT2D eigenvalue weighted by molar-refractivity contribution is 0.244. The van der Waals surface area contributed by atoms with E-state index in [0.29, 0.717) is 12.4 Å². The first-order valence-electron chi connectivity index (χ1n) is 5.87. The predicted octanol–water partition coefficient (Wildman–Crippen LogP) is 2.43. The van der Waals surface area contributed by atoms with Crippen LogP contribution in [0.3, 0.4) is 0 Å². The lowest BCUT2D eigenvalue weighted by atomic mass is 10.1. The van der Waals surface area contributed by atoms with Crippen molar-refractivity contribution in [3.05, 3.63) is 30.3 Å². The summed E-state index contributed by atoms with van der Waals surface area (Å²) in [5, 5.41) is 13.3. The molecular weight excluding hydrogens is 246 g/mol. The van der Waals surface area contributed by atoms with Crippen molar-refractivity contribution < 1.29 is 5.11 Å². The van der Waals surface area contributed by atoms with Crippen molar-refractivity contribution in [2.75, 3.05) is 24.2 Å². The summed E-state index contributed by atoms with van der Waals surface area (Å²) in [5.41, 5.74) is 7.93. The van der Waals surface area contributed by atoms with Gasteiger partial charge >= 0.3 is 0 Å². The average Bonchev–Trinajstić information content (AvgIpc) is 2.78. The second-order valence-electron chi connectivity index (χ2n) is 4.31. The van der Waals surface area contributed by atoms with Gasteiger partial charge in [-0.1, -0.05) is 37.3 Å². The number of nitrogens with two attached hydrogens (primary N) is 1. The Labute approximate surface area is 111 Å². The summed E-state index contributed by atoms with van der Waals surface area (Å²) < 4.78 is 4.19. The zero-order chi connectivity index (χ0) is 13.0. The van der Waals surface area contributed by atoms with Crippen LogP contribution in [0.5, 0.6) is 0 Å². The topological polar surface area (TPSA) is 71.2 Å². The number of hydrogen-bond acceptors (Lipinski definition) is 5. The summed E-state index contributed by atoms with van der Waals surface area (Å²) in [5.74, 6) is 0.752. The fraction of sp³-hybridized carbons (Fsp3) is 0.308. The molecule has 0 aliphatic heterocycles. The number of nitrogens with zero attached hydrogens (tertiary/aromatic N) is 1. The molecule has 0 radical (unpaired) electrons. The normalized spacial score (nSPS) is 12.3. The third-order valence-electron chi connectivity index (χ3n) is 2.70. The molecule has 2 aromatic rings. The number of nitrogens with one attached hydrogen (secondary N) is 1. The highest BCUT2D eigenvalue weighted by atomic mass is 32.1. The lowest BCUT2D eigenvalue weighted by Crippen LogP contribution is -2.14. The molecule has 0 aliphatic rings. The quantitative estimate of drug-likeness (QED) is 0.775. The number of rotatable bonds is 5. The van der Waals surface area contributed by atoms with Crippen LogP contribution in [0.1, 0.15) is 6.92 Å². The predicted molar refractivity (Wildman–Crippen MR) is 76.7 cm³/mol. The number of anilines is 2. The molecule has 0 saturated heterocycles. The summed E-state index contributed by atoms with van der Waals surface area (Å²) in [7, 11) is 0. The van der Waals surface area contributed by atoms with Crippen LogP contribution in [0.2, 0.25) is 0 Å². The molecule has 1 unspecified atom stereocenters. The Morgan fingerprint density at radius 2 is 2.11 bits per heavy atom. The van der Waals surface area contributed by atoms with E-state index in [0.717, 1.165) is 16.1 Å². The van der Waals surface area contributed by atoms with Gasteiger partial charge in [0.25, 0.3) is 0 Å². The average molecular weight is 263 g/mol. The molecule has 1 atom stereocenters. The van der Waals surface area contributed by atoms with Gasteiger partial charge in [0, 0.05) is 13.2 Å². The molecule has 96 valence electrons. The second kappa shape index (κ2) is 5.84. The third-order valence-corrected chi connectivity index (χ3v) is 3.52. The Hall–Kier alpha value is -1.59. The van der Waals surface area contributed by atoms with Crippen molar-refractivity contribution >= 4 is 22.4 Å². The number of benzene rings is 1. The van der Waals surface area contributed by atoms with Crippen LogP contribution in [0.4, 0.5) is 10.8 Å². The first kappa shape index (κ1) is 12.9. The van der Waals surface area contributed by atoms with E-state index in [1.54, 1.807) is 0 Å². The molecule has 4 N–H and O–H groups in total. The third kappa shape index (κ3) is 2.80. The van der Waals surface area contributed by atoms with E-state index in [1.165, 1.54) is 11.5 Å². The van der Waals surface area contributed by atoms with Gasteiger partial charge in [-0.05, 0) is 23.0 Å². The van der Waals surface area contributed by atoms with Crippen LogP contribution in [-0.4, -0.2) is 22.6 Å². The molecule has 1 heterocycles. The zero-order valence-electron chi connectivity index (χ0n) is 10.3. The van der Waals surface area contributed by atoms with Gasteiger partial charge in [0.15, 0.2) is 0 Å². The Balaban J connectivity index is 2.23. The van der Waals surface area contributed by atoms with Crippen LogP contribution < -0.4 is 11.1 Å². The van der Waals surface area contributed by atoms with Gasteiger partial charge in [0.2, 0.25) is 0 Å². The van der Waals surface area contributed by atoms with Gasteiger partial charge in [-0.15, -0.1) is 0 Å². The van der Waals surface area contributed by atoms with E-state index < -0.39 is 0 Å². The maximum Gasteiger partial charge on any atom is 0.147 e. The van der Waals surface area contributed by atoms with Crippen molar-refractivity contribution in [1.29, 1.82) is 0 Å². The van der Waals surface area contributed by atoms with Crippen LogP contribution >= 0.6 is 11.5 Å². The van der Waals surface area contributed by atoms with Crippen LogP contribution in [0.15, 0.2) is 30.3 Å². The number of hydrogen-bond donors (Lipinski definition) is 3. The molecule has 0 amide bonds. The largest absolute Gasteiger partial charge is 0.396 e. The first-order chi connectivity index (χ1) is 8.72. The van der Waals surface area contributed by atoms with Crippen molar-refractivity contribution in [2.24, 2.45) is 5.92 Å². The van der Waals surface area contributed by atoms with Gasteiger partial charge in [-0.3, -0.25) is 0 Å². The molecular formula is C13H17N3OS. The summed E-state index contributed by atoms with van der Waals surface area (Å²) in [4.78, 5) is 0. The SMILES string of the molecule is CC(CO)CNc1snc(N)c1-c1ccccc1. The summed E-state index contributed by atoms with van der Waals surface area (Å²) in [6.07, 6.45) is 0. The zero-order valence-corrected chi connectivity index (χ0v) is 11.1. The highest BCUT2D eigenvalue weighted by Crippen LogP contribution is 2.36. The molecule has 0 fully saturated rings. The number of aliphatic hydroxyl groups is 1. The van der Waals surface area contributed by atoms with Crippen molar-refractivity contribution in [1.82, 2.24) is 4.37 Å². The second-order valence-corrected chi connectivity index (χ2v) is 5.08. The molecule has 5 heteroatoms. The van der Waals surface area contributed by atoms with Gasteiger partial charge in [0.05, 0.1) is 5.56 Å². The van der Waals surface area contributed by atoms with Gasteiger partial charge < -0.3 is 16.2 Å². The molecule has 1 aromatic heterocycles. The maximum atomic E-state index is 9.03. The minimum atomic E-state index is 0.169.